The molecule has 1 amide bonds. The van der Waals surface area contributed by atoms with Gasteiger partial charge in [0, 0.05) is 50.2 Å². The molecule has 1 aromatic carbocycles. The van der Waals surface area contributed by atoms with Crippen molar-refractivity contribution in [3.05, 3.63) is 66.6 Å². The SMILES string of the molecule is C=N/C=C\C(=C/N)CN1CCC(C(=O)N2CCC(n3c(-c4ccccn4)nc4cc(S(C)(=O)=O)ccc43)CC2)CC1. The second kappa shape index (κ2) is 12.4. The van der Waals surface area contributed by atoms with Crippen molar-refractivity contribution in [1.82, 2.24) is 24.3 Å². The van der Waals surface area contributed by atoms with E-state index in [1.807, 2.05) is 35.2 Å². The number of carbonyl (C=O) groups is 1. The third kappa shape index (κ3) is 6.41. The summed E-state index contributed by atoms with van der Waals surface area (Å²) < 4.78 is 26.6. The van der Waals surface area contributed by atoms with Crippen molar-refractivity contribution in [2.45, 2.75) is 36.6 Å². The van der Waals surface area contributed by atoms with Crippen LogP contribution in [0.1, 0.15) is 31.7 Å². The number of hydrogen-bond acceptors (Lipinski definition) is 8. The summed E-state index contributed by atoms with van der Waals surface area (Å²) in [4.78, 5) is 31.2. The first-order chi connectivity index (χ1) is 19.8. The second-order valence-electron chi connectivity index (χ2n) is 10.8. The van der Waals surface area contributed by atoms with E-state index in [2.05, 4.69) is 26.2 Å². The minimum atomic E-state index is -3.36. The van der Waals surface area contributed by atoms with E-state index >= 15 is 0 Å². The minimum absolute atomic E-state index is 0.0334. The quantitative estimate of drug-likeness (QED) is 0.322. The molecule has 0 aliphatic carbocycles. The largest absolute Gasteiger partial charge is 0.404 e. The molecule has 5 rings (SSSR count). The number of likely N-dealkylation sites (tertiary alicyclic amines) is 2. The topological polar surface area (TPSA) is 127 Å². The molecular formula is C30H37N7O3S. The smallest absolute Gasteiger partial charge is 0.225 e. The number of sulfone groups is 1. The van der Waals surface area contributed by atoms with Gasteiger partial charge in [-0.1, -0.05) is 6.07 Å². The van der Waals surface area contributed by atoms with Gasteiger partial charge in [-0.25, -0.2) is 13.4 Å². The number of carbonyl (C=O) groups excluding carboxylic acids is 1. The fraction of sp³-hybridized carbons (Fsp3) is 0.400. The number of piperidine rings is 2. The number of nitrogens with two attached hydrogens (primary N) is 1. The van der Waals surface area contributed by atoms with E-state index in [4.69, 9.17) is 10.7 Å². The van der Waals surface area contributed by atoms with Crippen LogP contribution in [0.2, 0.25) is 0 Å². The third-order valence-electron chi connectivity index (χ3n) is 8.08. The normalized spacial score (nSPS) is 18.4. The highest BCUT2D eigenvalue weighted by molar-refractivity contribution is 7.90. The lowest BCUT2D eigenvalue weighted by Gasteiger charge is -2.38. The first-order valence-electron chi connectivity index (χ1n) is 14.0. The third-order valence-corrected chi connectivity index (χ3v) is 9.19. The van der Waals surface area contributed by atoms with Crippen LogP contribution in [-0.2, 0) is 14.6 Å². The summed E-state index contributed by atoms with van der Waals surface area (Å²) in [6, 6.07) is 10.9. The summed E-state index contributed by atoms with van der Waals surface area (Å²) in [5.41, 5.74) is 8.97. The Kier molecular flexibility index (Phi) is 8.65. The molecule has 2 fully saturated rings. The number of pyridine rings is 1. The van der Waals surface area contributed by atoms with Gasteiger partial charge in [0.2, 0.25) is 5.91 Å². The molecule has 0 radical (unpaired) electrons. The zero-order valence-electron chi connectivity index (χ0n) is 23.4. The van der Waals surface area contributed by atoms with Gasteiger partial charge in [-0.3, -0.25) is 19.7 Å². The van der Waals surface area contributed by atoms with Crippen LogP contribution in [0, 0.1) is 5.92 Å². The van der Waals surface area contributed by atoms with E-state index in [0.717, 1.165) is 62.1 Å². The molecule has 0 saturated carbocycles. The number of imidazole rings is 1. The van der Waals surface area contributed by atoms with Gasteiger partial charge >= 0.3 is 0 Å². The molecular weight excluding hydrogens is 538 g/mol. The van der Waals surface area contributed by atoms with E-state index in [1.54, 1.807) is 30.7 Å². The van der Waals surface area contributed by atoms with Crippen LogP contribution in [0.5, 0.6) is 0 Å². The standard InChI is InChI=1S/C30H37N7O3S/c1-32-14-8-22(20-31)21-35-15-9-23(10-16-35)30(38)36-17-11-24(12-18-36)37-28-7-6-25(41(2,39)40)19-27(28)34-29(37)26-5-3-4-13-33-26/h3-8,13-14,19-20,23-24H,1,9-12,15-18,21,31H2,2H3/b14-8-,22-20+. The van der Waals surface area contributed by atoms with Gasteiger partial charge in [-0.05, 0) is 93.7 Å². The van der Waals surface area contributed by atoms with Crippen LogP contribution in [0.3, 0.4) is 0 Å². The molecule has 0 unspecified atom stereocenters. The molecule has 2 aliphatic heterocycles. The number of fused-ring (bicyclic) bond motifs is 1. The van der Waals surface area contributed by atoms with Gasteiger partial charge < -0.3 is 15.2 Å². The van der Waals surface area contributed by atoms with Crippen molar-refractivity contribution in [3.63, 3.8) is 0 Å². The van der Waals surface area contributed by atoms with Gasteiger partial charge in [0.25, 0.3) is 0 Å². The Balaban J connectivity index is 1.27. The molecule has 2 aromatic heterocycles. The molecule has 216 valence electrons. The predicted octanol–water partition coefficient (Wildman–Crippen LogP) is 3.43. The lowest BCUT2D eigenvalue weighted by Crippen LogP contribution is -2.46. The summed E-state index contributed by atoms with van der Waals surface area (Å²) in [6.07, 6.45) is 11.3. The maximum atomic E-state index is 13.5. The molecule has 2 saturated heterocycles. The second-order valence-corrected chi connectivity index (χ2v) is 12.8. The Morgan fingerprint density at radius 3 is 2.51 bits per heavy atom. The van der Waals surface area contributed by atoms with Gasteiger partial charge in [0.1, 0.15) is 5.69 Å². The van der Waals surface area contributed by atoms with E-state index in [9.17, 15) is 13.2 Å². The number of benzene rings is 1. The molecule has 3 aromatic rings. The monoisotopic (exact) mass is 575 g/mol. The molecule has 0 spiro atoms. The summed E-state index contributed by atoms with van der Waals surface area (Å²) in [6.45, 7) is 7.24. The van der Waals surface area contributed by atoms with E-state index in [1.165, 1.54) is 6.26 Å². The van der Waals surface area contributed by atoms with Crippen molar-refractivity contribution in [1.29, 1.82) is 0 Å². The highest BCUT2D eigenvalue weighted by Gasteiger charge is 2.32. The fourth-order valence-corrected chi connectivity index (χ4v) is 6.50. The summed E-state index contributed by atoms with van der Waals surface area (Å²) >= 11 is 0. The van der Waals surface area contributed by atoms with Crippen LogP contribution in [0.25, 0.3) is 22.6 Å². The summed E-state index contributed by atoms with van der Waals surface area (Å²) in [7, 11) is -3.36. The van der Waals surface area contributed by atoms with Gasteiger partial charge in [-0.2, -0.15) is 0 Å². The maximum absolute atomic E-state index is 13.5. The van der Waals surface area contributed by atoms with Crippen LogP contribution in [-0.4, -0.2) is 84.4 Å². The number of nitrogens with zero attached hydrogens (tertiary/aromatic N) is 6. The highest BCUT2D eigenvalue weighted by Crippen LogP contribution is 2.34. The summed E-state index contributed by atoms with van der Waals surface area (Å²) in [5, 5.41) is 0. The molecule has 4 heterocycles. The van der Waals surface area contributed by atoms with E-state index < -0.39 is 9.84 Å². The average molecular weight is 576 g/mol. The van der Waals surface area contributed by atoms with Crippen molar-refractivity contribution in [2.24, 2.45) is 16.6 Å². The first-order valence-corrected chi connectivity index (χ1v) is 15.9. The van der Waals surface area contributed by atoms with Crippen LogP contribution < -0.4 is 5.73 Å². The Morgan fingerprint density at radius 2 is 1.88 bits per heavy atom. The van der Waals surface area contributed by atoms with Crippen LogP contribution in [0.15, 0.2) is 76.5 Å². The molecule has 0 bridgehead atoms. The number of aromatic nitrogens is 3. The molecule has 0 atom stereocenters. The van der Waals surface area contributed by atoms with Crippen molar-refractivity contribution in [2.75, 3.05) is 39.0 Å². The van der Waals surface area contributed by atoms with Gasteiger partial charge in [-0.15, -0.1) is 0 Å². The fourth-order valence-electron chi connectivity index (χ4n) is 5.86. The molecule has 10 nitrogen and oxygen atoms in total. The zero-order chi connectivity index (χ0) is 29.0. The highest BCUT2D eigenvalue weighted by atomic mass is 32.2. The Morgan fingerprint density at radius 1 is 1.12 bits per heavy atom. The first kappa shape index (κ1) is 28.7. The molecule has 2 N–H and O–H groups in total. The zero-order valence-corrected chi connectivity index (χ0v) is 24.2. The van der Waals surface area contributed by atoms with Crippen LogP contribution >= 0.6 is 0 Å². The van der Waals surface area contributed by atoms with Crippen molar-refractivity contribution >= 4 is 33.5 Å². The van der Waals surface area contributed by atoms with Crippen LogP contribution in [0.4, 0.5) is 0 Å². The maximum Gasteiger partial charge on any atom is 0.225 e. The Bertz CT molecular complexity index is 1560. The molecule has 41 heavy (non-hydrogen) atoms. The predicted molar refractivity (Wildman–Crippen MR) is 161 cm³/mol. The van der Waals surface area contributed by atoms with E-state index in [-0.39, 0.29) is 22.8 Å². The van der Waals surface area contributed by atoms with Gasteiger partial charge in [0.05, 0.1) is 15.9 Å². The number of rotatable bonds is 8. The molecule has 2 aliphatic rings. The minimum Gasteiger partial charge on any atom is -0.404 e. The lowest BCUT2D eigenvalue weighted by molar-refractivity contribution is -0.138. The Labute approximate surface area is 241 Å². The van der Waals surface area contributed by atoms with E-state index in [0.29, 0.717) is 24.4 Å². The van der Waals surface area contributed by atoms with Crippen molar-refractivity contribution < 1.29 is 13.2 Å². The molecule has 11 heteroatoms. The number of amides is 1. The van der Waals surface area contributed by atoms with Gasteiger partial charge in [0.15, 0.2) is 15.7 Å². The lowest BCUT2D eigenvalue weighted by atomic mass is 9.93. The Hall–Kier alpha value is -3.83. The number of hydrogen-bond donors (Lipinski definition) is 1. The average Bonchev–Trinajstić information content (AvgIpc) is 3.38. The van der Waals surface area contributed by atoms with Crippen molar-refractivity contribution in [3.8, 4) is 11.5 Å². The number of aliphatic imine (C=N–C) groups is 1. The summed E-state index contributed by atoms with van der Waals surface area (Å²) in [5.74, 6) is 0.991.